The van der Waals surface area contributed by atoms with E-state index >= 15 is 0 Å². The summed E-state index contributed by atoms with van der Waals surface area (Å²) in [6, 6.07) is 14.1. The highest BCUT2D eigenvalue weighted by Gasteiger charge is 2.18. The molecule has 4 nitrogen and oxygen atoms in total. The quantitative estimate of drug-likeness (QED) is 0.556. The van der Waals surface area contributed by atoms with Crippen molar-refractivity contribution < 1.29 is 14.3 Å². The van der Waals surface area contributed by atoms with Crippen molar-refractivity contribution in [3.8, 4) is 11.5 Å². The highest BCUT2D eigenvalue weighted by molar-refractivity contribution is 5.81. The standard InChI is InChI=1S/C24H33NO3/c1-5-14-27-23-12-8-7-10-20(23)11-9-13-25-24(26)22(6-2)28-21-16-18(3)15-19(4)17-21/h7-8,10,12,15-17,22H,5-6,9,11,13-14H2,1-4H3,(H,25,26)/t22-/m0/s1. The molecule has 2 rings (SSSR count). The molecule has 0 heterocycles. The second kappa shape index (κ2) is 11.4. The first-order chi connectivity index (χ1) is 13.5. The molecule has 4 heteroatoms. The van der Waals surface area contributed by atoms with Gasteiger partial charge in [-0.1, -0.05) is 38.1 Å². The SMILES string of the molecule is CCCOc1ccccc1CCCNC(=O)[C@H](CC)Oc1cc(C)cc(C)c1. The maximum Gasteiger partial charge on any atom is 0.261 e. The molecule has 0 bridgehead atoms. The summed E-state index contributed by atoms with van der Waals surface area (Å²) < 4.78 is 11.7. The average molecular weight is 384 g/mol. The minimum Gasteiger partial charge on any atom is -0.493 e. The Kier molecular flexibility index (Phi) is 8.86. The second-order valence-electron chi connectivity index (χ2n) is 7.19. The third-order valence-corrected chi connectivity index (χ3v) is 4.49. The van der Waals surface area contributed by atoms with Gasteiger partial charge in [0.05, 0.1) is 6.61 Å². The Labute approximate surface area is 169 Å². The van der Waals surface area contributed by atoms with Gasteiger partial charge in [-0.2, -0.15) is 0 Å². The zero-order chi connectivity index (χ0) is 20.4. The number of nitrogens with one attached hydrogen (secondary N) is 1. The van der Waals surface area contributed by atoms with E-state index in [9.17, 15) is 4.79 Å². The van der Waals surface area contributed by atoms with Crippen LogP contribution in [0.3, 0.4) is 0 Å². The van der Waals surface area contributed by atoms with Gasteiger partial charge in [0.2, 0.25) is 0 Å². The highest BCUT2D eigenvalue weighted by atomic mass is 16.5. The molecule has 28 heavy (non-hydrogen) atoms. The zero-order valence-electron chi connectivity index (χ0n) is 17.6. The van der Waals surface area contributed by atoms with E-state index in [-0.39, 0.29) is 5.91 Å². The summed E-state index contributed by atoms with van der Waals surface area (Å²) in [6.07, 6.45) is 2.88. The molecule has 0 aliphatic carbocycles. The first-order valence-electron chi connectivity index (χ1n) is 10.3. The van der Waals surface area contributed by atoms with Crippen molar-refractivity contribution >= 4 is 5.91 Å². The van der Waals surface area contributed by atoms with Crippen molar-refractivity contribution in [1.82, 2.24) is 5.32 Å². The third-order valence-electron chi connectivity index (χ3n) is 4.49. The molecule has 1 amide bonds. The van der Waals surface area contributed by atoms with Crippen molar-refractivity contribution in [2.45, 2.75) is 59.5 Å². The van der Waals surface area contributed by atoms with Crippen LogP contribution in [0.15, 0.2) is 42.5 Å². The number of hydrogen-bond donors (Lipinski definition) is 1. The van der Waals surface area contributed by atoms with E-state index in [2.05, 4.69) is 24.4 Å². The van der Waals surface area contributed by atoms with Crippen molar-refractivity contribution in [3.05, 3.63) is 59.2 Å². The van der Waals surface area contributed by atoms with Gasteiger partial charge in [-0.25, -0.2) is 0 Å². The van der Waals surface area contributed by atoms with Crippen LogP contribution in [0, 0.1) is 13.8 Å². The summed E-state index contributed by atoms with van der Waals surface area (Å²) in [4.78, 5) is 12.5. The van der Waals surface area contributed by atoms with E-state index in [0.29, 0.717) is 13.0 Å². The molecule has 1 atom stereocenters. The molecule has 152 valence electrons. The van der Waals surface area contributed by atoms with E-state index in [4.69, 9.17) is 9.47 Å². The van der Waals surface area contributed by atoms with Crippen LogP contribution in [0.2, 0.25) is 0 Å². The Balaban J connectivity index is 1.82. The van der Waals surface area contributed by atoms with Crippen molar-refractivity contribution in [2.75, 3.05) is 13.2 Å². The number of rotatable bonds is 11. The number of benzene rings is 2. The average Bonchev–Trinajstić information content (AvgIpc) is 2.67. The lowest BCUT2D eigenvalue weighted by Crippen LogP contribution is -2.38. The molecular weight excluding hydrogens is 350 g/mol. The summed E-state index contributed by atoms with van der Waals surface area (Å²) in [5.74, 6) is 1.64. The van der Waals surface area contributed by atoms with Crippen LogP contribution in [-0.4, -0.2) is 25.2 Å². The van der Waals surface area contributed by atoms with Gasteiger partial charge in [0.25, 0.3) is 5.91 Å². The summed E-state index contributed by atoms with van der Waals surface area (Å²) in [5.41, 5.74) is 3.45. The Morgan fingerprint density at radius 2 is 1.79 bits per heavy atom. The van der Waals surface area contributed by atoms with Gasteiger partial charge in [-0.15, -0.1) is 0 Å². The third kappa shape index (κ3) is 6.91. The largest absolute Gasteiger partial charge is 0.493 e. The molecule has 0 unspecified atom stereocenters. The van der Waals surface area contributed by atoms with Crippen LogP contribution in [0.5, 0.6) is 11.5 Å². The first-order valence-corrected chi connectivity index (χ1v) is 10.3. The minimum atomic E-state index is -0.471. The Morgan fingerprint density at radius 3 is 2.46 bits per heavy atom. The van der Waals surface area contributed by atoms with Crippen molar-refractivity contribution in [3.63, 3.8) is 0 Å². The summed E-state index contributed by atoms with van der Waals surface area (Å²) >= 11 is 0. The molecule has 0 saturated carbocycles. The van der Waals surface area contributed by atoms with Crippen LogP contribution >= 0.6 is 0 Å². The Morgan fingerprint density at radius 1 is 1.07 bits per heavy atom. The van der Waals surface area contributed by atoms with Gasteiger partial charge < -0.3 is 14.8 Å². The summed E-state index contributed by atoms with van der Waals surface area (Å²) in [6.45, 7) is 9.47. The highest BCUT2D eigenvalue weighted by Crippen LogP contribution is 2.20. The Hall–Kier alpha value is -2.49. The van der Waals surface area contributed by atoms with Crippen LogP contribution in [0.4, 0.5) is 0 Å². The van der Waals surface area contributed by atoms with E-state index in [1.54, 1.807) is 0 Å². The molecule has 2 aromatic carbocycles. The lowest BCUT2D eigenvalue weighted by molar-refractivity contribution is -0.128. The number of carbonyl (C=O) groups is 1. The van der Waals surface area contributed by atoms with E-state index in [0.717, 1.165) is 48.5 Å². The minimum absolute atomic E-state index is 0.0582. The first kappa shape index (κ1) is 21.8. The van der Waals surface area contributed by atoms with Crippen LogP contribution < -0.4 is 14.8 Å². The maximum atomic E-state index is 12.5. The monoisotopic (exact) mass is 383 g/mol. The molecule has 0 aliphatic heterocycles. The number of amides is 1. The van der Waals surface area contributed by atoms with Crippen molar-refractivity contribution in [2.24, 2.45) is 0 Å². The molecule has 0 radical (unpaired) electrons. The molecule has 0 fully saturated rings. The lowest BCUT2D eigenvalue weighted by atomic mass is 10.1. The van der Waals surface area contributed by atoms with Crippen molar-refractivity contribution in [1.29, 1.82) is 0 Å². The van der Waals surface area contributed by atoms with Crippen LogP contribution in [0.1, 0.15) is 49.8 Å². The summed E-state index contributed by atoms with van der Waals surface area (Å²) in [5, 5.41) is 3.01. The van der Waals surface area contributed by atoms with Crippen LogP contribution in [-0.2, 0) is 11.2 Å². The van der Waals surface area contributed by atoms with E-state index < -0.39 is 6.10 Å². The van der Waals surface area contributed by atoms with Gasteiger partial charge in [-0.05, 0) is 74.4 Å². The van der Waals surface area contributed by atoms with Gasteiger partial charge in [0, 0.05) is 6.54 Å². The molecule has 1 N–H and O–H groups in total. The Bertz CT molecular complexity index is 737. The lowest BCUT2D eigenvalue weighted by Gasteiger charge is -2.18. The van der Waals surface area contributed by atoms with Gasteiger partial charge >= 0.3 is 0 Å². The topological polar surface area (TPSA) is 47.6 Å². The smallest absolute Gasteiger partial charge is 0.261 e. The number of aryl methyl sites for hydroxylation is 3. The maximum absolute atomic E-state index is 12.5. The van der Waals surface area contributed by atoms with Gasteiger partial charge in [0.15, 0.2) is 6.10 Å². The fraction of sp³-hybridized carbons (Fsp3) is 0.458. The molecular formula is C24H33NO3. The summed E-state index contributed by atoms with van der Waals surface area (Å²) in [7, 11) is 0. The molecule has 2 aromatic rings. The molecule has 0 aliphatic rings. The number of para-hydroxylation sites is 1. The van der Waals surface area contributed by atoms with Gasteiger partial charge in [-0.3, -0.25) is 4.79 Å². The molecule has 0 saturated heterocycles. The molecule has 0 spiro atoms. The fourth-order valence-electron chi connectivity index (χ4n) is 3.15. The molecule has 0 aromatic heterocycles. The van der Waals surface area contributed by atoms with Crippen LogP contribution in [0.25, 0.3) is 0 Å². The normalized spacial score (nSPS) is 11.7. The predicted octanol–water partition coefficient (Wildman–Crippen LogP) is 5.00. The van der Waals surface area contributed by atoms with E-state index in [1.807, 2.05) is 51.1 Å². The van der Waals surface area contributed by atoms with Gasteiger partial charge in [0.1, 0.15) is 11.5 Å². The zero-order valence-corrected chi connectivity index (χ0v) is 17.6. The fourth-order valence-corrected chi connectivity index (χ4v) is 3.15. The second-order valence-corrected chi connectivity index (χ2v) is 7.19. The predicted molar refractivity (Wildman–Crippen MR) is 114 cm³/mol. The number of carbonyl (C=O) groups excluding carboxylic acids is 1. The van der Waals surface area contributed by atoms with E-state index in [1.165, 1.54) is 5.56 Å². The number of ether oxygens (including phenoxy) is 2. The number of hydrogen-bond acceptors (Lipinski definition) is 3.